The molecule has 0 aliphatic heterocycles. The molecule has 2 aromatic rings. The molecule has 106 valence electrons. The lowest BCUT2D eigenvalue weighted by Gasteiger charge is -2.15. The molecule has 0 aromatic heterocycles. The van der Waals surface area contributed by atoms with E-state index in [1.54, 1.807) is 13.2 Å². The van der Waals surface area contributed by atoms with Gasteiger partial charge in [0.2, 0.25) is 0 Å². The van der Waals surface area contributed by atoms with Crippen molar-refractivity contribution in [2.45, 2.75) is 19.9 Å². The fourth-order valence-electron chi connectivity index (χ4n) is 1.95. The molecule has 2 rings (SSSR count). The van der Waals surface area contributed by atoms with Gasteiger partial charge < -0.3 is 15.2 Å². The highest BCUT2D eigenvalue weighted by Crippen LogP contribution is 2.37. The van der Waals surface area contributed by atoms with Crippen LogP contribution in [-0.4, -0.2) is 7.11 Å². The van der Waals surface area contributed by atoms with Crippen LogP contribution in [0.1, 0.15) is 18.1 Å². The molecule has 0 amide bonds. The van der Waals surface area contributed by atoms with Crippen LogP contribution in [0, 0.1) is 0 Å². The van der Waals surface area contributed by atoms with E-state index in [4.69, 9.17) is 26.8 Å². The zero-order valence-corrected chi connectivity index (χ0v) is 12.4. The predicted octanol–water partition coefficient (Wildman–Crippen LogP) is 4.16. The third-order valence-electron chi connectivity index (χ3n) is 3.12. The van der Waals surface area contributed by atoms with Gasteiger partial charge >= 0.3 is 0 Å². The van der Waals surface area contributed by atoms with E-state index in [-0.39, 0.29) is 0 Å². The summed E-state index contributed by atoms with van der Waals surface area (Å²) in [5.41, 5.74) is 7.77. The van der Waals surface area contributed by atoms with Crippen molar-refractivity contribution in [3.63, 3.8) is 0 Å². The van der Waals surface area contributed by atoms with Gasteiger partial charge in [0.25, 0.3) is 0 Å². The molecule has 0 saturated carbocycles. The normalized spacial score (nSPS) is 10.4. The second-order valence-electron chi connectivity index (χ2n) is 4.37. The molecule has 20 heavy (non-hydrogen) atoms. The van der Waals surface area contributed by atoms with Crippen LogP contribution >= 0.6 is 11.6 Å². The Morgan fingerprint density at radius 2 is 1.95 bits per heavy atom. The molecule has 2 aromatic carbocycles. The summed E-state index contributed by atoms with van der Waals surface area (Å²) in [6, 6.07) is 11.4. The molecule has 0 radical (unpaired) electrons. The van der Waals surface area contributed by atoms with Gasteiger partial charge in [-0.15, -0.1) is 0 Å². The Morgan fingerprint density at radius 1 is 1.15 bits per heavy atom. The number of rotatable bonds is 5. The first-order valence-corrected chi connectivity index (χ1v) is 6.89. The third-order valence-corrected chi connectivity index (χ3v) is 3.41. The first-order chi connectivity index (χ1) is 9.69. The molecule has 0 atom stereocenters. The summed E-state index contributed by atoms with van der Waals surface area (Å²) >= 11 is 6.19. The molecule has 0 bridgehead atoms. The van der Waals surface area contributed by atoms with E-state index in [2.05, 4.69) is 6.92 Å². The molecule has 2 N–H and O–H groups in total. The van der Waals surface area contributed by atoms with Gasteiger partial charge in [0, 0.05) is 12.1 Å². The van der Waals surface area contributed by atoms with Crippen molar-refractivity contribution < 1.29 is 9.47 Å². The molecule has 0 aliphatic rings. The van der Waals surface area contributed by atoms with E-state index in [9.17, 15) is 0 Å². The smallest absolute Gasteiger partial charge is 0.169 e. The molecule has 0 aliphatic carbocycles. The number of hydrogen-bond acceptors (Lipinski definition) is 3. The Labute approximate surface area is 124 Å². The van der Waals surface area contributed by atoms with Gasteiger partial charge in [0.1, 0.15) is 0 Å². The lowest BCUT2D eigenvalue weighted by molar-refractivity contribution is 0.377. The molecular formula is C16H18ClNO2. The number of benzene rings is 2. The largest absolute Gasteiger partial charge is 0.493 e. The van der Waals surface area contributed by atoms with Crippen molar-refractivity contribution in [3.8, 4) is 17.2 Å². The Kier molecular flexibility index (Phi) is 4.88. The van der Waals surface area contributed by atoms with Crippen molar-refractivity contribution in [1.82, 2.24) is 0 Å². The fraction of sp³-hybridized carbons (Fsp3) is 0.250. The summed E-state index contributed by atoms with van der Waals surface area (Å²) in [6.07, 6.45) is 0.941. The van der Waals surface area contributed by atoms with E-state index < -0.39 is 0 Å². The predicted molar refractivity (Wildman–Crippen MR) is 81.8 cm³/mol. The molecule has 0 unspecified atom stereocenters. The SMILES string of the molecule is CCc1ccc(Oc2c(Cl)cccc2CN)c(OC)c1. The highest BCUT2D eigenvalue weighted by molar-refractivity contribution is 6.32. The van der Waals surface area contributed by atoms with E-state index in [0.29, 0.717) is 28.8 Å². The molecule has 3 nitrogen and oxygen atoms in total. The van der Waals surface area contributed by atoms with Crippen LogP contribution in [0.2, 0.25) is 5.02 Å². The number of para-hydroxylation sites is 1. The first kappa shape index (κ1) is 14.7. The molecular weight excluding hydrogens is 274 g/mol. The lowest BCUT2D eigenvalue weighted by Crippen LogP contribution is -2.00. The maximum atomic E-state index is 6.19. The van der Waals surface area contributed by atoms with Crippen LogP contribution in [-0.2, 0) is 13.0 Å². The van der Waals surface area contributed by atoms with Crippen LogP contribution in [0.25, 0.3) is 0 Å². The summed E-state index contributed by atoms with van der Waals surface area (Å²) in [7, 11) is 1.62. The van der Waals surface area contributed by atoms with Crippen molar-refractivity contribution in [2.24, 2.45) is 5.73 Å². The molecule has 0 fully saturated rings. The average molecular weight is 292 g/mol. The number of halogens is 1. The topological polar surface area (TPSA) is 44.5 Å². The Hall–Kier alpha value is -1.71. The van der Waals surface area contributed by atoms with E-state index in [0.717, 1.165) is 12.0 Å². The van der Waals surface area contributed by atoms with Gasteiger partial charge in [-0.05, 0) is 30.2 Å². The van der Waals surface area contributed by atoms with Gasteiger partial charge in [-0.1, -0.05) is 36.7 Å². The number of methoxy groups -OCH3 is 1. The van der Waals surface area contributed by atoms with Crippen LogP contribution < -0.4 is 15.2 Å². The monoisotopic (exact) mass is 291 g/mol. The minimum Gasteiger partial charge on any atom is -0.493 e. The first-order valence-electron chi connectivity index (χ1n) is 6.51. The Morgan fingerprint density at radius 3 is 2.60 bits per heavy atom. The molecule has 4 heteroatoms. The summed E-state index contributed by atoms with van der Waals surface area (Å²) in [6.45, 7) is 2.46. The zero-order chi connectivity index (χ0) is 14.5. The van der Waals surface area contributed by atoms with Gasteiger partial charge in [0.15, 0.2) is 17.2 Å². The second kappa shape index (κ2) is 6.64. The van der Waals surface area contributed by atoms with Crippen LogP contribution in [0.4, 0.5) is 0 Å². The second-order valence-corrected chi connectivity index (χ2v) is 4.78. The van der Waals surface area contributed by atoms with Crippen LogP contribution in [0.5, 0.6) is 17.2 Å². The van der Waals surface area contributed by atoms with Gasteiger partial charge in [-0.25, -0.2) is 0 Å². The van der Waals surface area contributed by atoms with Crippen molar-refractivity contribution in [3.05, 3.63) is 52.5 Å². The fourth-order valence-corrected chi connectivity index (χ4v) is 2.19. The van der Waals surface area contributed by atoms with Crippen LogP contribution in [0.15, 0.2) is 36.4 Å². The highest BCUT2D eigenvalue weighted by Gasteiger charge is 2.12. The summed E-state index contributed by atoms with van der Waals surface area (Å²) in [5, 5.41) is 0.537. The summed E-state index contributed by atoms with van der Waals surface area (Å²) in [5.74, 6) is 1.90. The number of hydrogen-bond donors (Lipinski definition) is 1. The van der Waals surface area contributed by atoms with E-state index in [1.165, 1.54) is 5.56 Å². The maximum absolute atomic E-state index is 6.19. The summed E-state index contributed by atoms with van der Waals surface area (Å²) < 4.78 is 11.3. The number of aryl methyl sites for hydroxylation is 1. The van der Waals surface area contributed by atoms with Crippen molar-refractivity contribution >= 4 is 11.6 Å². The van der Waals surface area contributed by atoms with Crippen molar-refractivity contribution in [2.75, 3.05) is 7.11 Å². The number of ether oxygens (including phenoxy) is 2. The number of nitrogens with two attached hydrogens (primary N) is 1. The zero-order valence-electron chi connectivity index (χ0n) is 11.7. The lowest BCUT2D eigenvalue weighted by atomic mass is 10.1. The third kappa shape index (κ3) is 3.06. The molecule has 0 saturated heterocycles. The quantitative estimate of drug-likeness (QED) is 0.899. The highest BCUT2D eigenvalue weighted by atomic mass is 35.5. The minimum atomic E-state index is 0.366. The molecule has 0 heterocycles. The summed E-state index contributed by atoms with van der Waals surface area (Å²) in [4.78, 5) is 0. The van der Waals surface area contributed by atoms with Crippen molar-refractivity contribution in [1.29, 1.82) is 0 Å². The Bertz CT molecular complexity index is 599. The van der Waals surface area contributed by atoms with E-state index in [1.807, 2.05) is 30.3 Å². The minimum absolute atomic E-state index is 0.366. The van der Waals surface area contributed by atoms with E-state index >= 15 is 0 Å². The Balaban J connectivity index is 2.39. The van der Waals surface area contributed by atoms with Gasteiger partial charge in [-0.2, -0.15) is 0 Å². The van der Waals surface area contributed by atoms with Crippen LogP contribution in [0.3, 0.4) is 0 Å². The molecule has 0 spiro atoms. The standard InChI is InChI=1S/C16H18ClNO2/c1-3-11-7-8-14(15(9-11)19-2)20-16-12(10-18)5-4-6-13(16)17/h4-9H,3,10,18H2,1-2H3. The van der Waals surface area contributed by atoms with Gasteiger partial charge in [0.05, 0.1) is 12.1 Å². The average Bonchev–Trinajstić information content (AvgIpc) is 2.49. The van der Waals surface area contributed by atoms with Gasteiger partial charge in [-0.3, -0.25) is 0 Å². The maximum Gasteiger partial charge on any atom is 0.169 e.